The minimum absolute atomic E-state index is 0.0116. The zero-order valence-corrected chi connectivity index (χ0v) is 11.5. The van der Waals surface area contributed by atoms with Crippen LogP contribution in [0, 0.1) is 6.92 Å². The van der Waals surface area contributed by atoms with Crippen molar-refractivity contribution in [3.8, 4) is 0 Å². The highest BCUT2D eigenvalue weighted by molar-refractivity contribution is 8.00. The largest absolute Gasteiger partial charge is 0.338 e. The summed E-state index contributed by atoms with van der Waals surface area (Å²) in [5.74, 6) is 0.278. The van der Waals surface area contributed by atoms with E-state index in [2.05, 4.69) is 16.0 Å². The van der Waals surface area contributed by atoms with Gasteiger partial charge in [0.2, 0.25) is 5.91 Å². The van der Waals surface area contributed by atoms with Crippen molar-refractivity contribution in [2.24, 2.45) is 0 Å². The van der Waals surface area contributed by atoms with Crippen LogP contribution in [-0.4, -0.2) is 29.6 Å². The number of hydrogen-bond donors (Lipinski definition) is 3. The average molecular weight is 279 g/mol. The Kier molecular flexibility index (Phi) is 4.68. The third kappa shape index (κ3) is 4.48. The molecule has 0 spiro atoms. The molecule has 102 valence electrons. The van der Waals surface area contributed by atoms with Crippen LogP contribution in [0.5, 0.6) is 0 Å². The van der Waals surface area contributed by atoms with E-state index in [9.17, 15) is 9.59 Å². The Labute approximate surface area is 116 Å². The summed E-state index contributed by atoms with van der Waals surface area (Å²) < 4.78 is 0. The molecule has 1 aromatic rings. The molecule has 1 saturated heterocycles. The molecular weight excluding hydrogens is 262 g/mol. The standard InChI is InChI=1S/C13H17N3O2S/c1-9-2-4-10(5-3-9)15-11(17)8-19-12-6-7-14-13(18)16-12/h2-5,12H,6-8H2,1H3,(H,15,17)(H2,14,16,18). The monoisotopic (exact) mass is 279 g/mol. The van der Waals surface area contributed by atoms with Crippen molar-refractivity contribution in [1.82, 2.24) is 10.6 Å². The lowest BCUT2D eigenvalue weighted by Gasteiger charge is -2.23. The normalized spacial score (nSPS) is 18.4. The Morgan fingerprint density at radius 1 is 1.42 bits per heavy atom. The van der Waals surface area contributed by atoms with Gasteiger partial charge < -0.3 is 16.0 Å². The molecule has 1 unspecified atom stereocenters. The van der Waals surface area contributed by atoms with Gasteiger partial charge >= 0.3 is 6.03 Å². The van der Waals surface area contributed by atoms with E-state index in [1.165, 1.54) is 11.8 Å². The smallest absolute Gasteiger partial charge is 0.315 e. The van der Waals surface area contributed by atoms with Gasteiger partial charge in [-0.3, -0.25) is 4.79 Å². The van der Waals surface area contributed by atoms with Crippen LogP contribution in [0.1, 0.15) is 12.0 Å². The van der Waals surface area contributed by atoms with Gasteiger partial charge in [-0.2, -0.15) is 0 Å². The molecule has 3 amide bonds. The van der Waals surface area contributed by atoms with Crippen molar-refractivity contribution in [2.75, 3.05) is 17.6 Å². The Balaban J connectivity index is 1.75. The van der Waals surface area contributed by atoms with Crippen molar-refractivity contribution in [3.63, 3.8) is 0 Å². The summed E-state index contributed by atoms with van der Waals surface area (Å²) in [4.78, 5) is 22.9. The van der Waals surface area contributed by atoms with Crippen molar-refractivity contribution in [1.29, 1.82) is 0 Å². The first-order valence-corrected chi connectivity index (χ1v) is 7.21. The molecule has 1 aliphatic heterocycles. The first-order valence-electron chi connectivity index (χ1n) is 6.16. The van der Waals surface area contributed by atoms with Gasteiger partial charge in [-0.05, 0) is 25.5 Å². The molecule has 3 N–H and O–H groups in total. The number of hydrogen-bond acceptors (Lipinski definition) is 3. The van der Waals surface area contributed by atoms with Gasteiger partial charge in [0, 0.05) is 12.2 Å². The predicted molar refractivity (Wildman–Crippen MR) is 77.2 cm³/mol. The SMILES string of the molecule is Cc1ccc(NC(=O)CSC2CCNC(=O)N2)cc1. The maximum atomic E-state index is 11.8. The summed E-state index contributed by atoms with van der Waals surface area (Å²) >= 11 is 1.45. The van der Waals surface area contributed by atoms with E-state index in [1.54, 1.807) is 0 Å². The van der Waals surface area contributed by atoms with Crippen molar-refractivity contribution in [2.45, 2.75) is 18.7 Å². The van der Waals surface area contributed by atoms with E-state index in [4.69, 9.17) is 0 Å². The molecular formula is C13H17N3O2S. The topological polar surface area (TPSA) is 70.2 Å². The van der Waals surface area contributed by atoms with Gasteiger partial charge in [0.1, 0.15) is 0 Å². The third-order valence-corrected chi connectivity index (χ3v) is 3.92. The van der Waals surface area contributed by atoms with E-state index in [1.807, 2.05) is 31.2 Å². The van der Waals surface area contributed by atoms with E-state index in [0.29, 0.717) is 12.3 Å². The van der Waals surface area contributed by atoms with Crippen LogP contribution in [0.2, 0.25) is 0 Å². The van der Waals surface area contributed by atoms with Gasteiger partial charge in [-0.25, -0.2) is 4.79 Å². The zero-order chi connectivity index (χ0) is 13.7. The molecule has 1 atom stereocenters. The first kappa shape index (κ1) is 13.7. The molecule has 0 saturated carbocycles. The Morgan fingerprint density at radius 3 is 2.84 bits per heavy atom. The van der Waals surface area contributed by atoms with Gasteiger partial charge in [0.15, 0.2) is 0 Å². The molecule has 5 nitrogen and oxygen atoms in total. The zero-order valence-electron chi connectivity index (χ0n) is 10.7. The molecule has 1 aromatic carbocycles. The molecule has 0 bridgehead atoms. The molecule has 0 radical (unpaired) electrons. The third-order valence-electron chi connectivity index (χ3n) is 2.74. The van der Waals surface area contributed by atoms with Crippen LogP contribution >= 0.6 is 11.8 Å². The number of thioether (sulfide) groups is 1. The van der Waals surface area contributed by atoms with Crippen LogP contribution < -0.4 is 16.0 Å². The number of aryl methyl sites for hydroxylation is 1. The molecule has 1 heterocycles. The molecule has 0 aromatic heterocycles. The van der Waals surface area contributed by atoms with Crippen molar-refractivity contribution in [3.05, 3.63) is 29.8 Å². The number of anilines is 1. The summed E-state index contributed by atoms with van der Waals surface area (Å²) in [6.45, 7) is 2.66. The quantitative estimate of drug-likeness (QED) is 0.785. The average Bonchev–Trinajstić information content (AvgIpc) is 2.39. The van der Waals surface area contributed by atoms with Gasteiger partial charge in [-0.1, -0.05) is 17.7 Å². The number of carbonyl (C=O) groups is 2. The number of benzene rings is 1. The number of nitrogens with one attached hydrogen (secondary N) is 3. The second kappa shape index (κ2) is 6.47. The fraction of sp³-hybridized carbons (Fsp3) is 0.385. The second-order valence-electron chi connectivity index (χ2n) is 4.40. The van der Waals surface area contributed by atoms with E-state index >= 15 is 0 Å². The summed E-state index contributed by atoms with van der Waals surface area (Å²) in [6.07, 6.45) is 0.828. The Morgan fingerprint density at radius 2 is 2.16 bits per heavy atom. The summed E-state index contributed by atoms with van der Waals surface area (Å²) in [5.41, 5.74) is 1.95. The molecule has 19 heavy (non-hydrogen) atoms. The summed E-state index contributed by atoms with van der Waals surface area (Å²) in [5, 5.41) is 8.30. The second-order valence-corrected chi connectivity index (χ2v) is 5.59. The Bertz CT molecular complexity index is 461. The van der Waals surface area contributed by atoms with Crippen molar-refractivity contribution >= 4 is 29.4 Å². The lowest BCUT2D eigenvalue weighted by Crippen LogP contribution is -2.48. The summed E-state index contributed by atoms with van der Waals surface area (Å²) in [7, 11) is 0. The van der Waals surface area contributed by atoms with Crippen LogP contribution in [0.3, 0.4) is 0 Å². The van der Waals surface area contributed by atoms with E-state index < -0.39 is 0 Å². The maximum absolute atomic E-state index is 11.8. The minimum Gasteiger partial charge on any atom is -0.338 e. The lowest BCUT2D eigenvalue weighted by molar-refractivity contribution is -0.113. The fourth-order valence-corrected chi connectivity index (χ4v) is 2.62. The Hall–Kier alpha value is -1.69. The number of carbonyl (C=O) groups excluding carboxylic acids is 2. The number of urea groups is 1. The van der Waals surface area contributed by atoms with Gasteiger partial charge in [0.25, 0.3) is 0 Å². The number of amides is 3. The van der Waals surface area contributed by atoms with Gasteiger partial charge in [0.05, 0.1) is 11.1 Å². The lowest BCUT2D eigenvalue weighted by atomic mass is 10.2. The molecule has 0 aliphatic carbocycles. The van der Waals surface area contributed by atoms with Crippen LogP contribution in [-0.2, 0) is 4.79 Å². The fourth-order valence-electron chi connectivity index (χ4n) is 1.72. The molecule has 6 heteroatoms. The molecule has 1 aliphatic rings. The van der Waals surface area contributed by atoms with E-state index in [0.717, 1.165) is 17.7 Å². The highest BCUT2D eigenvalue weighted by Gasteiger charge is 2.18. The van der Waals surface area contributed by atoms with Crippen LogP contribution in [0.4, 0.5) is 10.5 Å². The predicted octanol–water partition coefficient (Wildman–Crippen LogP) is 1.70. The van der Waals surface area contributed by atoms with E-state index in [-0.39, 0.29) is 17.3 Å². The minimum atomic E-state index is -0.164. The van der Waals surface area contributed by atoms with Crippen LogP contribution in [0.25, 0.3) is 0 Å². The molecule has 1 fully saturated rings. The summed E-state index contributed by atoms with van der Waals surface area (Å²) in [6, 6.07) is 7.50. The maximum Gasteiger partial charge on any atom is 0.315 e. The van der Waals surface area contributed by atoms with Crippen LogP contribution in [0.15, 0.2) is 24.3 Å². The number of rotatable bonds is 4. The highest BCUT2D eigenvalue weighted by atomic mass is 32.2. The molecule has 2 rings (SSSR count). The highest BCUT2D eigenvalue weighted by Crippen LogP contribution is 2.15. The van der Waals surface area contributed by atoms with Crippen molar-refractivity contribution < 1.29 is 9.59 Å². The first-order chi connectivity index (χ1) is 9.13. The van der Waals surface area contributed by atoms with Gasteiger partial charge in [-0.15, -0.1) is 11.8 Å².